The van der Waals surface area contributed by atoms with Crippen LogP contribution in [0.2, 0.25) is 5.02 Å². The summed E-state index contributed by atoms with van der Waals surface area (Å²) in [7, 11) is 0. The molecule has 108 valence electrons. The number of nitrogens with one attached hydrogen (secondary N) is 1. The number of non-ortho nitro benzene ring substituents is 1. The van der Waals surface area contributed by atoms with E-state index in [-0.39, 0.29) is 16.3 Å². The van der Waals surface area contributed by atoms with E-state index in [4.69, 9.17) is 17.3 Å². The number of nitrogens with zero attached hydrogens (tertiary/aromatic N) is 1. The third-order valence-corrected chi connectivity index (χ3v) is 2.94. The number of hydrogen-bond donors (Lipinski definition) is 2. The molecule has 0 saturated heterocycles. The Morgan fingerprint density at radius 1 is 1.29 bits per heavy atom. The number of carbonyl (C=O) groups is 1. The van der Waals surface area contributed by atoms with E-state index in [0.717, 1.165) is 18.2 Å². The average molecular weight is 310 g/mol. The van der Waals surface area contributed by atoms with E-state index in [2.05, 4.69) is 5.32 Å². The molecule has 2 rings (SSSR count). The smallest absolute Gasteiger partial charge is 0.274 e. The molecule has 0 aliphatic heterocycles. The van der Waals surface area contributed by atoms with E-state index in [1.807, 2.05) is 0 Å². The second-order valence-electron chi connectivity index (χ2n) is 4.15. The second-order valence-corrected chi connectivity index (χ2v) is 4.55. The predicted molar refractivity (Wildman–Crippen MR) is 76.9 cm³/mol. The first-order valence-electron chi connectivity index (χ1n) is 5.68. The molecule has 0 fully saturated rings. The first-order valence-corrected chi connectivity index (χ1v) is 6.06. The summed E-state index contributed by atoms with van der Waals surface area (Å²) < 4.78 is 13.3. The molecule has 8 heteroatoms. The van der Waals surface area contributed by atoms with Crippen molar-refractivity contribution in [2.45, 2.75) is 0 Å². The Morgan fingerprint density at radius 3 is 2.62 bits per heavy atom. The molecule has 0 aliphatic carbocycles. The summed E-state index contributed by atoms with van der Waals surface area (Å²) in [4.78, 5) is 21.9. The summed E-state index contributed by atoms with van der Waals surface area (Å²) in [5.74, 6) is -1.41. The van der Waals surface area contributed by atoms with Gasteiger partial charge in [-0.2, -0.15) is 0 Å². The molecule has 0 saturated carbocycles. The number of anilines is 2. The first kappa shape index (κ1) is 14.7. The lowest BCUT2D eigenvalue weighted by atomic mass is 10.2. The van der Waals surface area contributed by atoms with Crippen molar-refractivity contribution < 1.29 is 14.1 Å². The number of nitrogens with two attached hydrogens (primary N) is 1. The quantitative estimate of drug-likeness (QED) is 0.516. The molecular formula is C13H9ClFN3O3. The lowest BCUT2D eigenvalue weighted by molar-refractivity contribution is -0.385. The maximum Gasteiger partial charge on any atom is 0.274 e. The van der Waals surface area contributed by atoms with Gasteiger partial charge in [-0.25, -0.2) is 4.39 Å². The predicted octanol–water partition coefficient (Wildman–Crippen LogP) is 3.22. The number of hydrogen-bond acceptors (Lipinski definition) is 4. The fraction of sp³-hybridized carbons (Fsp3) is 0. The Morgan fingerprint density at radius 2 is 2.00 bits per heavy atom. The molecule has 0 bridgehead atoms. The van der Waals surface area contributed by atoms with E-state index >= 15 is 0 Å². The van der Waals surface area contributed by atoms with Gasteiger partial charge in [0.15, 0.2) is 0 Å². The van der Waals surface area contributed by atoms with Crippen LogP contribution in [0.25, 0.3) is 0 Å². The van der Waals surface area contributed by atoms with Crippen molar-refractivity contribution in [3.8, 4) is 0 Å². The molecule has 0 heterocycles. The maximum atomic E-state index is 13.3. The van der Waals surface area contributed by atoms with Crippen molar-refractivity contribution >= 4 is 34.6 Å². The van der Waals surface area contributed by atoms with Crippen LogP contribution in [-0.2, 0) is 0 Å². The normalized spacial score (nSPS) is 10.2. The van der Waals surface area contributed by atoms with Gasteiger partial charge < -0.3 is 11.1 Å². The Labute approximate surface area is 123 Å². The number of rotatable bonds is 3. The molecule has 0 spiro atoms. The number of halogens is 2. The SMILES string of the molecule is Nc1ccc(C(=O)Nc2cc(F)cc([N+](=O)[O-])c2)cc1Cl. The van der Waals surface area contributed by atoms with Crippen molar-refractivity contribution in [3.63, 3.8) is 0 Å². The number of benzene rings is 2. The topological polar surface area (TPSA) is 98.3 Å². The minimum Gasteiger partial charge on any atom is -0.398 e. The number of carbonyl (C=O) groups excluding carboxylic acids is 1. The number of nitro groups is 1. The molecule has 2 aromatic carbocycles. The summed E-state index contributed by atoms with van der Waals surface area (Å²) >= 11 is 5.80. The van der Waals surface area contributed by atoms with Crippen LogP contribution >= 0.6 is 11.6 Å². The van der Waals surface area contributed by atoms with Crippen molar-refractivity contribution in [1.82, 2.24) is 0 Å². The second kappa shape index (κ2) is 5.76. The molecule has 0 aliphatic rings. The van der Waals surface area contributed by atoms with Crippen LogP contribution in [0.3, 0.4) is 0 Å². The fourth-order valence-electron chi connectivity index (χ4n) is 1.62. The number of nitro benzene ring substituents is 1. The zero-order valence-electron chi connectivity index (χ0n) is 10.5. The third-order valence-electron chi connectivity index (χ3n) is 2.61. The van der Waals surface area contributed by atoms with Crippen LogP contribution in [-0.4, -0.2) is 10.8 Å². The Balaban J connectivity index is 2.27. The summed E-state index contributed by atoms with van der Waals surface area (Å²) in [5, 5.41) is 13.2. The highest BCUT2D eigenvalue weighted by Crippen LogP contribution is 2.23. The van der Waals surface area contributed by atoms with Gasteiger partial charge in [0.25, 0.3) is 11.6 Å². The molecule has 2 aromatic rings. The maximum absolute atomic E-state index is 13.3. The van der Waals surface area contributed by atoms with Gasteiger partial charge in [0, 0.05) is 11.6 Å². The monoisotopic (exact) mass is 309 g/mol. The summed E-state index contributed by atoms with van der Waals surface area (Å²) in [6.45, 7) is 0. The summed E-state index contributed by atoms with van der Waals surface area (Å²) in [6, 6.07) is 7.02. The minimum atomic E-state index is -0.824. The molecule has 6 nitrogen and oxygen atoms in total. The van der Waals surface area contributed by atoms with Crippen molar-refractivity contribution in [2.24, 2.45) is 0 Å². The molecule has 0 aromatic heterocycles. The highest BCUT2D eigenvalue weighted by atomic mass is 35.5. The van der Waals surface area contributed by atoms with Crippen molar-refractivity contribution in [3.05, 3.63) is 62.9 Å². The Bertz CT molecular complexity index is 737. The van der Waals surface area contributed by atoms with E-state index in [1.54, 1.807) is 0 Å². The van der Waals surface area contributed by atoms with Gasteiger partial charge >= 0.3 is 0 Å². The Hall–Kier alpha value is -2.67. The van der Waals surface area contributed by atoms with Gasteiger partial charge in [0.1, 0.15) is 5.82 Å². The molecule has 0 unspecified atom stereocenters. The highest BCUT2D eigenvalue weighted by Gasteiger charge is 2.13. The average Bonchev–Trinajstić information content (AvgIpc) is 2.41. The van der Waals surface area contributed by atoms with E-state index in [1.165, 1.54) is 18.2 Å². The Kier molecular flexibility index (Phi) is 4.04. The standard InChI is InChI=1S/C13H9ClFN3O3/c14-11-3-7(1-2-12(11)16)13(19)17-9-4-8(15)5-10(6-9)18(20)21/h1-6H,16H2,(H,17,19). The van der Waals surface area contributed by atoms with Gasteiger partial charge in [-0.15, -0.1) is 0 Å². The van der Waals surface area contributed by atoms with Crippen molar-refractivity contribution in [2.75, 3.05) is 11.1 Å². The van der Waals surface area contributed by atoms with E-state index in [0.29, 0.717) is 5.69 Å². The van der Waals surface area contributed by atoms with Crippen molar-refractivity contribution in [1.29, 1.82) is 0 Å². The van der Waals surface area contributed by atoms with Gasteiger partial charge in [0.2, 0.25) is 0 Å². The van der Waals surface area contributed by atoms with Gasteiger partial charge in [-0.3, -0.25) is 14.9 Å². The van der Waals surface area contributed by atoms with Crippen LogP contribution in [0.4, 0.5) is 21.5 Å². The largest absolute Gasteiger partial charge is 0.398 e. The van der Waals surface area contributed by atoms with Crippen LogP contribution < -0.4 is 11.1 Å². The van der Waals surface area contributed by atoms with Crippen LogP contribution in [0.1, 0.15) is 10.4 Å². The molecule has 0 atom stereocenters. The lowest BCUT2D eigenvalue weighted by Crippen LogP contribution is -2.12. The fourth-order valence-corrected chi connectivity index (χ4v) is 1.80. The summed E-state index contributed by atoms with van der Waals surface area (Å²) in [6.07, 6.45) is 0. The zero-order chi connectivity index (χ0) is 15.6. The zero-order valence-corrected chi connectivity index (χ0v) is 11.2. The van der Waals surface area contributed by atoms with Gasteiger partial charge in [-0.1, -0.05) is 11.6 Å². The highest BCUT2D eigenvalue weighted by molar-refractivity contribution is 6.33. The molecule has 1 amide bonds. The minimum absolute atomic E-state index is 0.0281. The first-order chi connectivity index (χ1) is 9.86. The molecule has 0 radical (unpaired) electrons. The molecule has 21 heavy (non-hydrogen) atoms. The number of nitrogen functional groups attached to an aromatic ring is 1. The van der Waals surface area contributed by atoms with E-state index < -0.39 is 22.3 Å². The number of amides is 1. The third kappa shape index (κ3) is 3.46. The van der Waals surface area contributed by atoms with Gasteiger partial charge in [-0.05, 0) is 24.3 Å². The molecule has 3 N–H and O–H groups in total. The van der Waals surface area contributed by atoms with Crippen LogP contribution in [0.5, 0.6) is 0 Å². The molecular weight excluding hydrogens is 301 g/mol. The van der Waals surface area contributed by atoms with Crippen LogP contribution in [0.15, 0.2) is 36.4 Å². The van der Waals surface area contributed by atoms with Gasteiger partial charge in [0.05, 0.1) is 27.4 Å². The summed E-state index contributed by atoms with van der Waals surface area (Å²) in [5.41, 5.74) is 5.55. The lowest BCUT2D eigenvalue weighted by Gasteiger charge is -2.06. The van der Waals surface area contributed by atoms with E-state index in [9.17, 15) is 19.3 Å². The van der Waals surface area contributed by atoms with Crippen LogP contribution in [0, 0.1) is 15.9 Å².